The zero-order valence-electron chi connectivity index (χ0n) is 21.9. The lowest BCUT2D eigenvalue weighted by atomic mass is 9.89. The summed E-state index contributed by atoms with van der Waals surface area (Å²) in [6, 6.07) is 42.2. The zero-order chi connectivity index (χ0) is 25.5. The molecule has 0 N–H and O–H groups in total. The molecule has 0 spiro atoms. The Balaban J connectivity index is 1.78. The molecule has 6 aromatic rings. The molecule has 6 aromatic carbocycles. The summed E-state index contributed by atoms with van der Waals surface area (Å²) in [6.45, 7) is 8.76. The second-order valence-corrected chi connectivity index (χ2v) is 10.1. The van der Waals surface area contributed by atoms with Crippen molar-refractivity contribution in [3.8, 4) is 11.1 Å². The van der Waals surface area contributed by atoms with Gasteiger partial charge in [-0.15, -0.1) is 0 Å². The van der Waals surface area contributed by atoms with E-state index in [2.05, 4.69) is 148 Å². The van der Waals surface area contributed by atoms with Crippen LogP contribution in [0.5, 0.6) is 0 Å². The predicted octanol–water partition coefficient (Wildman–Crippen LogP) is 10.4. The van der Waals surface area contributed by atoms with Crippen molar-refractivity contribution < 1.29 is 0 Å². The average Bonchev–Trinajstić information content (AvgIpc) is 2.90. The summed E-state index contributed by atoms with van der Waals surface area (Å²) in [5, 5.41) is 5.15. The maximum Gasteiger partial charge on any atom is 0.0549 e. The highest BCUT2D eigenvalue weighted by Crippen LogP contribution is 2.47. The van der Waals surface area contributed by atoms with Gasteiger partial charge in [0.2, 0.25) is 0 Å². The van der Waals surface area contributed by atoms with Gasteiger partial charge < -0.3 is 4.90 Å². The third-order valence-corrected chi connectivity index (χ3v) is 7.40. The fourth-order valence-electron chi connectivity index (χ4n) is 5.63. The molecule has 0 saturated heterocycles. The van der Waals surface area contributed by atoms with Gasteiger partial charge in [-0.25, -0.2) is 0 Å². The van der Waals surface area contributed by atoms with E-state index in [1.165, 1.54) is 60.6 Å². The van der Waals surface area contributed by atoms with E-state index in [9.17, 15) is 0 Å². The number of nitrogens with zero attached hydrogens (tertiary/aromatic N) is 1. The van der Waals surface area contributed by atoms with E-state index >= 15 is 0 Å². The maximum atomic E-state index is 2.43. The van der Waals surface area contributed by atoms with E-state index in [1.54, 1.807) is 0 Å². The number of benzene rings is 6. The van der Waals surface area contributed by atoms with Crippen LogP contribution in [0.15, 0.2) is 115 Å². The molecule has 0 unspecified atom stereocenters. The zero-order valence-corrected chi connectivity index (χ0v) is 21.9. The minimum atomic E-state index is 1.16. The van der Waals surface area contributed by atoms with Crippen molar-refractivity contribution in [2.45, 2.75) is 27.7 Å². The number of rotatable bonds is 4. The molecule has 0 aromatic heterocycles. The third kappa shape index (κ3) is 4.07. The topological polar surface area (TPSA) is 3.24 Å². The third-order valence-electron chi connectivity index (χ3n) is 7.40. The number of anilines is 3. The Hall–Kier alpha value is -4.36. The van der Waals surface area contributed by atoms with E-state index in [4.69, 9.17) is 0 Å². The van der Waals surface area contributed by atoms with Crippen LogP contribution in [0.2, 0.25) is 0 Å². The van der Waals surface area contributed by atoms with Crippen molar-refractivity contribution in [2.75, 3.05) is 4.90 Å². The molecule has 37 heavy (non-hydrogen) atoms. The van der Waals surface area contributed by atoms with Gasteiger partial charge in [-0.3, -0.25) is 0 Å². The van der Waals surface area contributed by atoms with E-state index in [0.717, 1.165) is 11.4 Å². The van der Waals surface area contributed by atoms with Gasteiger partial charge in [0.15, 0.2) is 0 Å². The van der Waals surface area contributed by atoms with E-state index in [1.807, 2.05) is 0 Å². The highest BCUT2D eigenvalue weighted by Gasteiger charge is 2.22. The summed E-state index contributed by atoms with van der Waals surface area (Å²) in [6.07, 6.45) is 0. The molecule has 0 aliphatic carbocycles. The van der Waals surface area contributed by atoms with Crippen molar-refractivity contribution >= 4 is 38.6 Å². The van der Waals surface area contributed by atoms with Gasteiger partial charge in [-0.2, -0.15) is 0 Å². The molecule has 1 nitrogen and oxygen atoms in total. The molecule has 0 heterocycles. The summed E-state index contributed by atoms with van der Waals surface area (Å²) in [5.41, 5.74) is 11.1. The lowest BCUT2D eigenvalue weighted by Gasteiger charge is -2.30. The first-order valence-electron chi connectivity index (χ1n) is 13.0. The van der Waals surface area contributed by atoms with Gasteiger partial charge in [-0.1, -0.05) is 84.9 Å². The van der Waals surface area contributed by atoms with Gasteiger partial charge in [0.05, 0.1) is 5.69 Å². The van der Waals surface area contributed by atoms with Gasteiger partial charge in [0, 0.05) is 16.9 Å². The fourth-order valence-corrected chi connectivity index (χ4v) is 5.63. The van der Waals surface area contributed by atoms with Crippen LogP contribution in [0, 0.1) is 27.7 Å². The van der Waals surface area contributed by atoms with Crippen LogP contribution >= 0.6 is 0 Å². The molecule has 0 aliphatic rings. The summed E-state index contributed by atoms with van der Waals surface area (Å²) < 4.78 is 0. The molecular formula is C36H31N. The molecule has 0 atom stereocenters. The van der Waals surface area contributed by atoms with Crippen LogP contribution in [0.1, 0.15) is 22.3 Å². The Morgan fingerprint density at radius 1 is 0.432 bits per heavy atom. The molecule has 6 rings (SSSR count). The van der Waals surface area contributed by atoms with Crippen LogP contribution in [0.3, 0.4) is 0 Å². The maximum absolute atomic E-state index is 2.43. The largest absolute Gasteiger partial charge is 0.310 e. The van der Waals surface area contributed by atoms with Crippen molar-refractivity contribution in [3.63, 3.8) is 0 Å². The van der Waals surface area contributed by atoms with Crippen molar-refractivity contribution in [1.82, 2.24) is 0 Å². The Morgan fingerprint density at radius 2 is 0.973 bits per heavy atom. The second kappa shape index (κ2) is 9.26. The Morgan fingerprint density at radius 3 is 1.57 bits per heavy atom. The Kier molecular flexibility index (Phi) is 5.77. The first kappa shape index (κ1) is 23.1. The van der Waals surface area contributed by atoms with Crippen LogP contribution in [0.4, 0.5) is 17.1 Å². The highest BCUT2D eigenvalue weighted by molar-refractivity contribution is 6.12. The molecule has 0 bridgehead atoms. The molecule has 0 radical (unpaired) electrons. The number of fused-ring (bicyclic) bond motifs is 2. The van der Waals surface area contributed by atoms with Gasteiger partial charge in [0.25, 0.3) is 0 Å². The monoisotopic (exact) mass is 477 g/mol. The van der Waals surface area contributed by atoms with Crippen LogP contribution in [0.25, 0.3) is 32.7 Å². The first-order valence-corrected chi connectivity index (χ1v) is 13.0. The smallest absolute Gasteiger partial charge is 0.0549 e. The highest BCUT2D eigenvalue weighted by atomic mass is 15.1. The summed E-state index contributed by atoms with van der Waals surface area (Å²) in [7, 11) is 0. The molecule has 180 valence electrons. The molecule has 0 aliphatic heterocycles. The first-order chi connectivity index (χ1) is 18.0. The van der Waals surface area contributed by atoms with Crippen LogP contribution in [-0.4, -0.2) is 0 Å². The Labute approximate surface area is 219 Å². The van der Waals surface area contributed by atoms with Crippen molar-refractivity contribution in [2.24, 2.45) is 0 Å². The number of hydrogen-bond acceptors (Lipinski definition) is 1. The van der Waals surface area contributed by atoms with E-state index in [-0.39, 0.29) is 0 Å². The second-order valence-electron chi connectivity index (χ2n) is 10.1. The molecular weight excluding hydrogens is 446 g/mol. The van der Waals surface area contributed by atoms with Gasteiger partial charge in [-0.05, 0) is 107 Å². The lowest BCUT2D eigenvalue weighted by Crippen LogP contribution is -2.12. The van der Waals surface area contributed by atoms with Gasteiger partial charge >= 0.3 is 0 Å². The van der Waals surface area contributed by atoms with Gasteiger partial charge in [0.1, 0.15) is 0 Å². The standard InChI is InChI=1S/C36H31N/c1-24-11-9-13-28(21-24)37(29-14-10-12-25(2)22-29)35-23-27(4)31-16-6-8-18-33(31)36(35)34-20-19-26(3)30-15-5-7-17-32(30)34/h5-23H,1-4H3. The van der Waals surface area contributed by atoms with Crippen LogP contribution in [-0.2, 0) is 0 Å². The molecule has 0 saturated carbocycles. The van der Waals surface area contributed by atoms with Crippen LogP contribution < -0.4 is 4.90 Å². The van der Waals surface area contributed by atoms with E-state index < -0.39 is 0 Å². The minimum Gasteiger partial charge on any atom is -0.310 e. The molecule has 0 amide bonds. The lowest BCUT2D eigenvalue weighted by molar-refractivity contribution is 1.26. The Bertz CT molecular complexity index is 1730. The SMILES string of the molecule is Cc1cccc(N(c2cccc(C)c2)c2cc(C)c3ccccc3c2-c2ccc(C)c3ccccc23)c1. The number of aryl methyl sites for hydroxylation is 4. The summed E-state index contributed by atoms with van der Waals surface area (Å²) in [5.74, 6) is 0. The van der Waals surface area contributed by atoms with E-state index in [0.29, 0.717) is 0 Å². The molecule has 1 heteroatoms. The normalized spacial score (nSPS) is 11.2. The predicted molar refractivity (Wildman–Crippen MR) is 161 cm³/mol. The van der Waals surface area contributed by atoms with Crippen molar-refractivity contribution in [1.29, 1.82) is 0 Å². The summed E-state index contributed by atoms with van der Waals surface area (Å²) in [4.78, 5) is 2.43. The van der Waals surface area contributed by atoms with Crippen molar-refractivity contribution in [3.05, 3.63) is 138 Å². The molecule has 0 fully saturated rings. The fraction of sp³-hybridized carbons (Fsp3) is 0.111. The average molecular weight is 478 g/mol. The summed E-state index contributed by atoms with van der Waals surface area (Å²) >= 11 is 0. The minimum absolute atomic E-state index is 1.16. The quantitative estimate of drug-likeness (QED) is 0.244. The number of hydrogen-bond donors (Lipinski definition) is 0.